The summed E-state index contributed by atoms with van der Waals surface area (Å²) >= 11 is 0. The number of likely N-dealkylation sites (tertiary alicyclic amines) is 1. The average molecular weight is 502 g/mol. The molecule has 2 fully saturated rings. The van der Waals surface area contributed by atoms with Gasteiger partial charge in [-0.3, -0.25) is 9.89 Å². The van der Waals surface area contributed by atoms with Crippen LogP contribution in [0.25, 0.3) is 0 Å². The third kappa shape index (κ3) is 6.40. The molecule has 0 amide bonds. The van der Waals surface area contributed by atoms with Gasteiger partial charge < -0.3 is 20.5 Å². The number of aliphatic imine (C=N–C) groups is 1. The Hall–Kier alpha value is -1.22. The smallest absolute Gasteiger partial charge is 0.191 e. The van der Waals surface area contributed by atoms with Gasteiger partial charge in [-0.2, -0.15) is 0 Å². The summed E-state index contributed by atoms with van der Waals surface area (Å²) in [5, 5.41) is 17.0. The molecule has 1 unspecified atom stereocenters. The van der Waals surface area contributed by atoms with Crippen LogP contribution in [-0.4, -0.2) is 61.3 Å². The van der Waals surface area contributed by atoms with E-state index in [1.54, 1.807) is 13.2 Å². The van der Waals surface area contributed by atoms with E-state index in [-0.39, 0.29) is 29.7 Å². The molecule has 0 radical (unpaired) electrons. The van der Waals surface area contributed by atoms with Gasteiger partial charge >= 0.3 is 0 Å². The van der Waals surface area contributed by atoms with E-state index in [1.165, 1.54) is 38.6 Å². The van der Waals surface area contributed by atoms with Crippen molar-refractivity contribution < 1.29 is 9.84 Å². The Morgan fingerprint density at radius 2 is 2.07 bits per heavy atom. The van der Waals surface area contributed by atoms with Crippen LogP contribution in [-0.2, 0) is 6.42 Å². The number of ether oxygens (including phenoxy) is 1. The molecule has 1 saturated carbocycles. The zero-order valence-electron chi connectivity index (χ0n) is 17.1. The molecule has 1 aliphatic heterocycles. The van der Waals surface area contributed by atoms with Crippen LogP contribution in [0.5, 0.6) is 11.5 Å². The number of halogens is 1. The molecule has 1 aromatic rings. The van der Waals surface area contributed by atoms with Gasteiger partial charge in [-0.1, -0.05) is 18.9 Å². The van der Waals surface area contributed by atoms with E-state index in [4.69, 9.17) is 9.73 Å². The van der Waals surface area contributed by atoms with Crippen molar-refractivity contribution in [3.63, 3.8) is 0 Å². The van der Waals surface area contributed by atoms with Crippen molar-refractivity contribution in [1.82, 2.24) is 15.5 Å². The monoisotopic (exact) mass is 502 g/mol. The Balaban J connectivity index is 0.00000280. The van der Waals surface area contributed by atoms with Gasteiger partial charge in [0.2, 0.25) is 0 Å². The van der Waals surface area contributed by atoms with Gasteiger partial charge in [-0.05, 0) is 44.2 Å². The fourth-order valence-electron chi connectivity index (χ4n) is 4.19. The van der Waals surface area contributed by atoms with E-state index >= 15 is 0 Å². The van der Waals surface area contributed by atoms with Crippen LogP contribution in [0.1, 0.15) is 44.6 Å². The third-order valence-electron chi connectivity index (χ3n) is 5.69. The lowest BCUT2D eigenvalue weighted by molar-refractivity contribution is 0.242. The molecular formula is C21H35IN4O2. The summed E-state index contributed by atoms with van der Waals surface area (Å²) in [6.45, 7) is 5.88. The van der Waals surface area contributed by atoms with Crippen LogP contribution in [0.15, 0.2) is 23.2 Å². The predicted octanol–water partition coefficient (Wildman–Crippen LogP) is 3.13. The van der Waals surface area contributed by atoms with Crippen molar-refractivity contribution in [2.24, 2.45) is 4.99 Å². The van der Waals surface area contributed by atoms with Crippen molar-refractivity contribution in [1.29, 1.82) is 0 Å². The summed E-state index contributed by atoms with van der Waals surface area (Å²) < 4.78 is 5.13. The maximum atomic E-state index is 10.1. The topological polar surface area (TPSA) is 69.1 Å². The van der Waals surface area contributed by atoms with Gasteiger partial charge in [0.15, 0.2) is 5.96 Å². The normalized spacial score (nSPS) is 20.8. The minimum atomic E-state index is 0. The average Bonchev–Trinajstić information content (AvgIpc) is 3.34. The number of phenolic OH excluding ortho intramolecular Hbond substituents is 1. The largest absolute Gasteiger partial charge is 0.508 e. The van der Waals surface area contributed by atoms with Gasteiger partial charge in [0.05, 0.1) is 7.11 Å². The van der Waals surface area contributed by atoms with Gasteiger partial charge in [-0.25, -0.2) is 0 Å². The van der Waals surface area contributed by atoms with Gasteiger partial charge in [0, 0.05) is 44.3 Å². The summed E-state index contributed by atoms with van der Waals surface area (Å²) in [6, 6.07) is 6.70. The number of methoxy groups -OCH3 is 1. The second kappa shape index (κ2) is 11.7. The number of hydrogen-bond donors (Lipinski definition) is 3. The second-order valence-corrected chi connectivity index (χ2v) is 7.57. The van der Waals surface area contributed by atoms with E-state index in [1.807, 2.05) is 12.1 Å². The van der Waals surface area contributed by atoms with Crippen LogP contribution in [0.2, 0.25) is 0 Å². The van der Waals surface area contributed by atoms with Crippen molar-refractivity contribution in [2.45, 2.75) is 57.5 Å². The van der Waals surface area contributed by atoms with Crippen LogP contribution in [0.4, 0.5) is 0 Å². The molecule has 3 rings (SSSR count). The van der Waals surface area contributed by atoms with Crippen molar-refractivity contribution in [2.75, 3.05) is 33.3 Å². The quantitative estimate of drug-likeness (QED) is 0.304. The van der Waals surface area contributed by atoms with Crippen molar-refractivity contribution in [3.05, 3.63) is 23.8 Å². The SMILES string of the molecule is CCNC(=NCCc1ccc(OC)cc1O)NC1CCN(C2CCCC2)C1.I. The first-order valence-corrected chi connectivity index (χ1v) is 10.3. The van der Waals surface area contributed by atoms with E-state index in [0.29, 0.717) is 24.8 Å². The predicted molar refractivity (Wildman–Crippen MR) is 125 cm³/mol. The third-order valence-corrected chi connectivity index (χ3v) is 5.69. The standard InChI is InChI=1S/C21H34N4O2.HI/c1-3-22-21(23-12-10-16-8-9-19(27-2)14-20(16)26)24-17-11-13-25(15-17)18-6-4-5-7-18;/h8-9,14,17-18,26H,3-7,10-13,15H2,1-2H3,(H2,22,23,24);1H. The summed E-state index contributed by atoms with van der Waals surface area (Å²) in [5.41, 5.74) is 0.892. The number of hydrogen-bond acceptors (Lipinski definition) is 4. The molecular weight excluding hydrogens is 467 g/mol. The molecule has 3 N–H and O–H groups in total. The molecule has 1 saturated heterocycles. The lowest BCUT2D eigenvalue weighted by atomic mass is 10.1. The van der Waals surface area contributed by atoms with Crippen LogP contribution in [0.3, 0.4) is 0 Å². The number of aromatic hydroxyl groups is 1. The molecule has 7 heteroatoms. The minimum Gasteiger partial charge on any atom is -0.508 e. The number of benzene rings is 1. The highest BCUT2D eigenvalue weighted by atomic mass is 127. The zero-order chi connectivity index (χ0) is 19.1. The fourth-order valence-corrected chi connectivity index (χ4v) is 4.19. The van der Waals surface area contributed by atoms with Crippen molar-refractivity contribution in [3.8, 4) is 11.5 Å². The van der Waals surface area contributed by atoms with Crippen LogP contribution < -0.4 is 15.4 Å². The molecule has 28 heavy (non-hydrogen) atoms. The Morgan fingerprint density at radius 1 is 1.29 bits per heavy atom. The molecule has 0 bridgehead atoms. The fraction of sp³-hybridized carbons (Fsp3) is 0.667. The number of guanidine groups is 1. The minimum absolute atomic E-state index is 0. The molecule has 1 atom stereocenters. The summed E-state index contributed by atoms with van der Waals surface area (Å²) in [5.74, 6) is 1.82. The van der Waals surface area contributed by atoms with E-state index < -0.39 is 0 Å². The maximum absolute atomic E-state index is 10.1. The molecule has 158 valence electrons. The highest BCUT2D eigenvalue weighted by molar-refractivity contribution is 14.0. The van der Waals surface area contributed by atoms with Gasteiger partial charge in [0.1, 0.15) is 11.5 Å². The van der Waals surface area contributed by atoms with Crippen LogP contribution >= 0.6 is 24.0 Å². The summed E-state index contributed by atoms with van der Waals surface area (Å²) in [4.78, 5) is 7.37. The highest BCUT2D eigenvalue weighted by Crippen LogP contribution is 2.26. The van der Waals surface area contributed by atoms with E-state index in [2.05, 4.69) is 22.5 Å². The molecule has 1 aromatic carbocycles. The lowest BCUT2D eigenvalue weighted by Gasteiger charge is -2.24. The maximum Gasteiger partial charge on any atom is 0.191 e. The zero-order valence-corrected chi connectivity index (χ0v) is 19.4. The summed E-state index contributed by atoms with van der Waals surface area (Å²) in [7, 11) is 1.60. The van der Waals surface area contributed by atoms with E-state index in [9.17, 15) is 5.11 Å². The molecule has 6 nitrogen and oxygen atoms in total. The molecule has 0 spiro atoms. The first-order chi connectivity index (χ1) is 13.2. The molecule has 1 aliphatic carbocycles. The number of nitrogens with one attached hydrogen (secondary N) is 2. The second-order valence-electron chi connectivity index (χ2n) is 7.57. The van der Waals surface area contributed by atoms with Gasteiger partial charge in [-0.15, -0.1) is 24.0 Å². The van der Waals surface area contributed by atoms with Gasteiger partial charge in [0.25, 0.3) is 0 Å². The molecule has 1 heterocycles. The number of phenols is 1. The first-order valence-electron chi connectivity index (χ1n) is 10.3. The van der Waals surface area contributed by atoms with E-state index in [0.717, 1.165) is 30.7 Å². The highest BCUT2D eigenvalue weighted by Gasteiger charge is 2.30. The lowest BCUT2D eigenvalue weighted by Crippen LogP contribution is -2.45. The number of nitrogens with zero attached hydrogens (tertiary/aromatic N) is 2. The molecule has 2 aliphatic rings. The Kier molecular flexibility index (Phi) is 9.64. The Morgan fingerprint density at radius 3 is 2.75 bits per heavy atom. The molecule has 0 aromatic heterocycles. The number of rotatable bonds is 7. The Labute approximate surface area is 186 Å². The summed E-state index contributed by atoms with van der Waals surface area (Å²) in [6.07, 6.45) is 7.40. The van der Waals surface area contributed by atoms with Crippen molar-refractivity contribution >= 4 is 29.9 Å². The first kappa shape index (κ1) is 23.1. The van der Waals surface area contributed by atoms with Crippen LogP contribution in [0, 0.1) is 0 Å². The Bertz CT molecular complexity index is 635.